The number of carbonyl (C=O) groups excluding carboxylic acids is 1. The number of hydrogen-bond donors (Lipinski definition) is 2. The first kappa shape index (κ1) is 14.0. The van der Waals surface area contributed by atoms with Gasteiger partial charge in [-0.05, 0) is 31.0 Å². The first-order valence-corrected chi connectivity index (χ1v) is 5.75. The van der Waals surface area contributed by atoms with E-state index in [-0.39, 0.29) is 0 Å². The highest BCUT2D eigenvalue weighted by Crippen LogP contribution is 2.15. The Morgan fingerprint density at radius 3 is 2.72 bits per heavy atom. The molecule has 0 radical (unpaired) electrons. The quantitative estimate of drug-likeness (QED) is 0.800. The minimum absolute atomic E-state index is 0.396. The Balaban J connectivity index is 2.61. The lowest BCUT2D eigenvalue weighted by molar-refractivity contribution is -0.139. The maximum Gasteiger partial charge on any atom is 0.322 e. The minimum Gasteiger partial charge on any atom is -0.481 e. The van der Waals surface area contributed by atoms with Crippen LogP contribution in [0.2, 0.25) is 0 Å². The molecule has 0 aromatic heterocycles. The number of carboxylic acids is 1. The SMILES string of the molecule is CCC(Oc1cccc(C)c1)C(=O)NCC(=O)O. The number of aryl methyl sites for hydroxylation is 1. The van der Waals surface area contributed by atoms with Gasteiger partial charge in [0.25, 0.3) is 5.91 Å². The third-order valence-electron chi connectivity index (χ3n) is 2.34. The Hall–Kier alpha value is -2.04. The van der Waals surface area contributed by atoms with Gasteiger partial charge in [-0.15, -0.1) is 0 Å². The Kier molecular flexibility index (Phi) is 5.17. The highest BCUT2D eigenvalue weighted by atomic mass is 16.5. The van der Waals surface area contributed by atoms with Crippen molar-refractivity contribution in [2.75, 3.05) is 6.54 Å². The average molecular weight is 251 g/mol. The van der Waals surface area contributed by atoms with E-state index in [0.29, 0.717) is 12.2 Å². The highest BCUT2D eigenvalue weighted by molar-refractivity contribution is 5.84. The maximum absolute atomic E-state index is 11.7. The average Bonchev–Trinajstić information content (AvgIpc) is 2.33. The fourth-order valence-corrected chi connectivity index (χ4v) is 1.45. The zero-order valence-corrected chi connectivity index (χ0v) is 10.5. The number of carbonyl (C=O) groups is 2. The van der Waals surface area contributed by atoms with Crippen LogP contribution in [0.1, 0.15) is 18.9 Å². The van der Waals surface area contributed by atoms with Gasteiger partial charge in [-0.25, -0.2) is 0 Å². The van der Waals surface area contributed by atoms with Crippen LogP contribution in [0.4, 0.5) is 0 Å². The molecule has 5 heteroatoms. The highest BCUT2D eigenvalue weighted by Gasteiger charge is 2.18. The van der Waals surface area contributed by atoms with Crippen molar-refractivity contribution < 1.29 is 19.4 Å². The van der Waals surface area contributed by atoms with Crippen LogP contribution in [0.25, 0.3) is 0 Å². The first-order chi connectivity index (χ1) is 8.52. The fraction of sp³-hybridized carbons (Fsp3) is 0.385. The van der Waals surface area contributed by atoms with E-state index in [1.165, 1.54) is 0 Å². The van der Waals surface area contributed by atoms with E-state index in [0.717, 1.165) is 5.56 Å². The molecule has 1 aromatic carbocycles. The number of benzene rings is 1. The largest absolute Gasteiger partial charge is 0.481 e. The molecule has 5 nitrogen and oxygen atoms in total. The van der Waals surface area contributed by atoms with Gasteiger partial charge in [0.05, 0.1) is 0 Å². The van der Waals surface area contributed by atoms with Crippen molar-refractivity contribution in [3.05, 3.63) is 29.8 Å². The monoisotopic (exact) mass is 251 g/mol. The van der Waals surface area contributed by atoms with Crippen LogP contribution in [0.5, 0.6) is 5.75 Å². The van der Waals surface area contributed by atoms with Crippen LogP contribution < -0.4 is 10.1 Å². The van der Waals surface area contributed by atoms with Crippen LogP contribution in [0.15, 0.2) is 24.3 Å². The van der Waals surface area contributed by atoms with Gasteiger partial charge in [0.2, 0.25) is 0 Å². The second kappa shape index (κ2) is 6.64. The van der Waals surface area contributed by atoms with E-state index in [1.807, 2.05) is 25.1 Å². The smallest absolute Gasteiger partial charge is 0.322 e. The first-order valence-electron chi connectivity index (χ1n) is 5.75. The van der Waals surface area contributed by atoms with Gasteiger partial charge in [0.15, 0.2) is 6.10 Å². The van der Waals surface area contributed by atoms with Gasteiger partial charge in [-0.2, -0.15) is 0 Å². The molecule has 98 valence electrons. The van der Waals surface area contributed by atoms with Crippen molar-refractivity contribution in [2.45, 2.75) is 26.4 Å². The minimum atomic E-state index is -1.08. The van der Waals surface area contributed by atoms with Crippen molar-refractivity contribution in [2.24, 2.45) is 0 Å². The third kappa shape index (κ3) is 4.45. The summed E-state index contributed by atoms with van der Waals surface area (Å²) in [6, 6.07) is 7.36. The molecule has 18 heavy (non-hydrogen) atoms. The Labute approximate surface area is 106 Å². The standard InChI is InChI=1S/C13H17NO4/c1-3-11(13(17)14-8-12(15)16)18-10-6-4-5-9(2)7-10/h4-7,11H,3,8H2,1-2H3,(H,14,17)(H,15,16). The predicted molar refractivity (Wildman–Crippen MR) is 66.5 cm³/mol. The lowest BCUT2D eigenvalue weighted by atomic mass is 10.2. The molecule has 1 aromatic rings. The number of aliphatic carboxylic acids is 1. The second-order valence-electron chi connectivity index (χ2n) is 3.94. The molecule has 0 saturated carbocycles. The zero-order valence-electron chi connectivity index (χ0n) is 10.5. The summed E-state index contributed by atoms with van der Waals surface area (Å²) in [5, 5.41) is 10.8. The summed E-state index contributed by atoms with van der Waals surface area (Å²) in [6.45, 7) is 3.34. The van der Waals surface area contributed by atoms with E-state index < -0.39 is 24.5 Å². The number of amides is 1. The molecule has 0 spiro atoms. The normalized spacial score (nSPS) is 11.7. The molecule has 2 N–H and O–H groups in total. The third-order valence-corrected chi connectivity index (χ3v) is 2.34. The van der Waals surface area contributed by atoms with Gasteiger partial charge >= 0.3 is 5.97 Å². The molecule has 1 unspecified atom stereocenters. The van der Waals surface area contributed by atoms with Crippen molar-refractivity contribution in [3.63, 3.8) is 0 Å². The molecular formula is C13H17NO4. The van der Waals surface area contributed by atoms with Gasteiger partial charge in [-0.3, -0.25) is 9.59 Å². The maximum atomic E-state index is 11.7. The Bertz CT molecular complexity index is 431. The number of nitrogens with one attached hydrogen (secondary N) is 1. The number of hydrogen-bond acceptors (Lipinski definition) is 3. The Morgan fingerprint density at radius 1 is 1.44 bits per heavy atom. The summed E-state index contributed by atoms with van der Waals surface area (Å²) in [6.07, 6.45) is -0.203. The van der Waals surface area contributed by atoms with E-state index in [1.54, 1.807) is 13.0 Å². The molecule has 0 saturated heterocycles. The summed E-state index contributed by atoms with van der Waals surface area (Å²) in [5.41, 5.74) is 1.04. The van der Waals surface area contributed by atoms with Crippen molar-refractivity contribution >= 4 is 11.9 Å². The molecule has 0 aliphatic heterocycles. The van der Waals surface area contributed by atoms with Crippen LogP contribution in [-0.2, 0) is 9.59 Å². The van der Waals surface area contributed by atoms with Gasteiger partial charge in [0, 0.05) is 0 Å². The summed E-state index contributed by atoms with van der Waals surface area (Å²) in [7, 11) is 0. The van der Waals surface area contributed by atoms with Crippen LogP contribution in [0.3, 0.4) is 0 Å². The lowest BCUT2D eigenvalue weighted by Crippen LogP contribution is -2.40. The van der Waals surface area contributed by atoms with Crippen LogP contribution in [0, 0.1) is 6.92 Å². The Morgan fingerprint density at radius 2 is 2.17 bits per heavy atom. The van der Waals surface area contributed by atoms with Crippen LogP contribution in [-0.4, -0.2) is 29.6 Å². The summed E-state index contributed by atoms with van der Waals surface area (Å²) in [5.74, 6) is -0.887. The molecule has 0 aliphatic rings. The molecule has 1 amide bonds. The van der Waals surface area contributed by atoms with E-state index in [4.69, 9.17) is 9.84 Å². The summed E-state index contributed by atoms with van der Waals surface area (Å²) >= 11 is 0. The number of ether oxygens (including phenoxy) is 1. The molecule has 0 fully saturated rings. The van der Waals surface area contributed by atoms with E-state index >= 15 is 0 Å². The molecule has 0 heterocycles. The summed E-state index contributed by atoms with van der Waals surface area (Å²) in [4.78, 5) is 22.0. The lowest BCUT2D eigenvalue weighted by Gasteiger charge is -2.16. The predicted octanol–water partition coefficient (Wildman–Crippen LogP) is 1.35. The number of rotatable bonds is 6. The summed E-state index contributed by atoms with van der Waals surface area (Å²) < 4.78 is 5.53. The molecule has 0 bridgehead atoms. The van der Waals surface area contributed by atoms with Crippen molar-refractivity contribution in [3.8, 4) is 5.75 Å². The van der Waals surface area contributed by atoms with Gasteiger partial charge in [-0.1, -0.05) is 19.1 Å². The van der Waals surface area contributed by atoms with E-state index in [2.05, 4.69) is 5.32 Å². The van der Waals surface area contributed by atoms with Crippen LogP contribution >= 0.6 is 0 Å². The fourth-order valence-electron chi connectivity index (χ4n) is 1.45. The zero-order chi connectivity index (χ0) is 13.5. The molecule has 1 rings (SSSR count). The van der Waals surface area contributed by atoms with Gasteiger partial charge < -0.3 is 15.2 Å². The second-order valence-corrected chi connectivity index (χ2v) is 3.94. The molecular weight excluding hydrogens is 234 g/mol. The molecule has 0 aliphatic carbocycles. The molecule has 1 atom stereocenters. The number of carboxylic acid groups (broad SMARTS) is 1. The van der Waals surface area contributed by atoms with E-state index in [9.17, 15) is 9.59 Å². The van der Waals surface area contributed by atoms with Crippen molar-refractivity contribution in [1.82, 2.24) is 5.32 Å². The topological polar surface area (TPSA) is 75.6 Å². The van der Waals surface area contributed by atoms with Gasteiger partial charge in [0.1, 0.15) is 12.3 Å². The van der Waals surface area contributed by atoms with Crippen molar-refractivity contribution in [1.29, 1.82) is 0 Å².